The van der Waals surface area contributed by atoms with Gasteiger partial charge in [0.2, 0.25) is 0 Å². The third-order valence-corrected chi connectivity index (χ3v) is 5.37. The summed E-state index contributed by atoms with van der Waals surface area (Å²) < 4.78 is 78.3. The average Bonchev–Trinajstić information content (AvgIpc) is 2.45. The molecule has 7 heteroatoms. The van der Waals surface area contributed by atoms with Crippen molar-refractivity contribution in [3.63, 3.8) is 0 Å². The molecule has 0 aromatic heterocycles. The lowest BCUT2D eigenvalue weighted by Gasteiger charge is -2.22. The molecule has 2 aromatic carbocycles. The van der Waals surface area contributed by atoms with Gasteiger partial charge in [0, 0.05) is 0 Å². The summed E-state index contributed by atoms with van der Waals surface area (Å²) in [4.78, 5) is 0. The summed E-state index contributed by atoms with van der Waals surface area (Å²) in [5, 5.41) is -0.219. The first-order valence-corrected chi connectivity index (χ1v) is 7.97. The lowest BCUT2D eigenvalue weighted by molar-refractivity contribution is -0.137. The fourth-order valence-corrected chi connectivity index (χ4v) is 4.15. The Morgan fingerprint density at radius 2 is 0.955 bits per heavy atom. The van der Waals surface area contributed by atoms with Gasteiger partial charge in [-0.1, -0.05) is 36.4 Å². The van der Waals surface area contributed by atoms with Crippen molar-refractivity contribution in [2.45, 2.75) is 12.4 Å². The highest BCUT2D eigenvalue weighted by molar-refractivity contribution is 7.72. The molecule has 0 bridgehead atoms. The minimum atomic E-state index is -4.60. The van der Waals surface area contributed by atoms with E-state index in [1.54, 1.807) is 0 Å². The molecule has 0 fully saturated rings. The number of halogens is 6. The normalized spacial score (nSPS) is 12.7. The summed E-state index contributed by atoms with van der Waals surface area (Å²) >= 11 is 0. The minimum absolute atomic E-state index is 0.110. The van der Waals surface area contributed by atoms with E-state index in [1.165, 1.54) is 43.1 Å². The fraction of sp³-hybridized carbons (Fsp3) is 0.200. The predicted molar refractivity (Wildman–Crippen MR) is 75.0 cm³/mol. The Balaban J connectivity index is 2.58. The third kappa shape index (κ3) is 3.43. The number of rotatable bonds is 2. The summed E-state index contributed by atoms with van der Waals surface area (Å²) in [6.07, 6.45) is -9.19. The molecule has 0 saturated heterocycles. The average molecular weight is 336 g/mol. The summed E-state index contributed by atoms with van der Waals surface area (Å²) in [5.41, 5.74) is -1.78. The van der Waals surface area contributed by atoms with Crippen LogP contribution < -0.4 is 10.6 Å². The largest absolute Gasteiger partial charge is 0.417 e. The molecule has 2 aromatic rings. The molecule has 0 radical (unpaired) electrons. The lowest BCUT2D eigenvalue weighted by atomic mass is 10.2. The highest BCUT2D eigenvalue weighted by atomic mass is 31.1. The zero-order valence-electron chi connectivity index (χ0n) is 11.3. The number of hydrogen-bond donors (Lipinski definition) is 0. The summed E-state index contributed by atoms with van der Waals surface area (Å²) in [5.74, 6) is 0. The maximum Gasteiger partial charge on any atom is 0.417 e. The Morgan fingerprint density at radius 1 is 0.636 bits per heavy atom. The molecule has 0 aliphatic rings. The van der Waals surface area contributed by atoms with Crippen LogP contribution in [0.3, 0.4) is 0 Å². The Hall–Kier alpha value is -1.55. The van der Waals surface area contributed by atoms with Gasteiger partial charge in [0.1, 0.15) is 0 Å². The van der Waals surface area contributed by atoms with Gasteiger partial charge in [0.15, 0.2) is 0 Å². The first kappa shape index (κ1) is 16.8. The molecule has 0 aliphatic heterocycles. The van der Waals surface area contributed by atoms with Crippen LogP contribution in [0.1, 0.15) is 11.1 Å². The van der Waals surface area contributed by atoms with E-state index in [2.05, 4.69) is 0 Å². The van der Waals surface area contributed by atoms with Gasteiger partial charge in [0.25, 0.3) is 0 Å². The van der Waals surface area contributed by atoms with Gasteiger partial charge in [-0.25, -0.2) is 0 Å². The van der Waals surface area contributed by atoms with E-state index in [0.29, 0.717) is 0 Å². The Labute approximate surface area is 124 Å². The van der Waals surface area contributed by atoms with Crippen molar-refractivity contribution < 1.29 is 26.3 Å². The molecule has 2 rings (SSSR count). The van der Waals surface area contributed by atoms with E-state index < -0.39 is 31.4 Å². The molecule has 0 amide bonds. The molecule has 22 heavy (non-hydrogen) atoms. The predicted octanol–water partition coefficient (Wildman–Crippen LogP) is 4.79. The highest BCUT2D eigenvalue weighted by Crippen LogP contribution is 2.40. The van der Waals surface area contributed by atoms with Crippen molar-refractivity contribution in [1.29, 1.82) is 0 Å². The monoisotopic (exact) mass is 336 g/mol. The lowest BCUT2D eigenvalue weighted by Crippen LogP contribution is -2.25. The second kappa shape index (κ2) is 5.92. The summed E-state index contributed by atoms with van der Waals surface area (Å²) in [7, 11) is -1.78. The van der Waals surface area contributed by atoms with Crippen molar-refractivity contribution in [1.82, 2.24) is 0 Å². The molecule has 118 valence electrons. The van der Waals surface area contributed by atoms with Crippen molar-refractivity contribution in [3.8, 4) is 0 Å². The molecule has 0 saturated carbocycles. The van der Waals surface area contributed by atoms with E-state index in [-0.39, 0.29) is 10.6 Å². The van der Waals surface area contributed by atoms with E-state index in [0.717, 1.165) is 12.1 Å². The first-order valence-electron chi connectivity index (χ1n) is 6.18. The van der Waals surface area contributed by atoms with E-state index >= 15 is 0 Å². The SMILES string of the molecule is CP(c1ccccc1C(F)(F)F)c1ccccc1C(F)(F)F. The van der Waals surface area contributed by atoms with Crippen molar-refractivity contribution in [3.05, 3.63) is 59.7 Å². The third-order valence-electron chi connectivity index (χ3n) is 3.14. The second-order valence-corrected chi connectivity index (χ2v) is 6.67. The number of benzene rings is 2. The molecule has 0 spiro atoms. The molecule has 0 heterocycles. The van der Waals surface area contributed by atoms with Crippen molar-refractivity contribution in [2.75, 3.05) is 6.66 Å². The Morgan fingerprint density at radius 3 is 1.27 bits per heavy atom. The first-order chi connectivity index (χ1) is 10.1. The number of alkyl halides is 6. The molecule has 0 nitrogen and oxygen atoms in total. The summed E-state index contributed by atoms with van der Waals surface area (Å²) in [6, 6.07) is 9.52. The molecular formula is C15H11F6P. The quantitative estimate of drug-likeness (QED) is 0.547. The summed E-state index contributed by atoms with van der Waals surface area (Å²) in [6.45, 7) is 1.41. The van der Waals surface area contributed by atoms with Crippen molar-refractivity contribution >= 4 is 18.5 Å². The van der Waals surface area contributed by atoms with Crippen LogP contribution in [0, 0.1) is 0 Å². The van der Waals surface area contributed by atoms with Crippen LogP contribution in [0.15, 0.2) is 48.5 Å². The Bertz CT molecular complexity index is 602. The second-order valence-electron chi connectivity index (χ2n) is 4.59. The van der Waals surface area contributed by atoms with Gasteiger partial charge in [-0.2, -0.15) is 26.3 Å². The van der Waals surface area contributed by atoms with Gasteiger partial charge >= 0.3 is 12.4 Å². The van der Waals surface area contributed by atoms with Gasteiger partial charge in [-0.3, -0.25) is 0 Å². The maximum absolute atomic E-state index is 13.0. The molecule has 0 atom stereocenters. The molecule has 0 N–H and O–H groups in total. The zero-order valence-corrected chi connectivity index (χ0v) is 12.2. The van der Waals surface area contributed by atoms with Crippen LogP contribution >= 0.6 is 7.92 Å². The Kier molecular flexibility index (Phi) is 4.52. The van der Waals surface area contributed by atoms with Crippen LogP contribution in [-0.4, -0.2) is 6.66 Å². The number of hydrogen-bond acceptors (Lipinski definition) is 0. The highest BCUT2D eigenvalue weighted by Gasteiger charge is 2.37. The van der Waals surface area contributed by atoms with Gasteiger partial charge in [0.05, 0.1) is 11.1 Å². The molecular weight excluding hydrogens is 325 g/mol. The van der Waals surface area contributed by atoms with Crippen LogP contribution in [0.25, 0.3) is 0 Å². The van der Waals surface area contributed by atoms with Crippen LogP contribution in [0.2, 0.25) is 0 Å². The topological polar surface area (TPSA) is 0 Å². The molecule has 0 unspecified atom stereocenters. The van der Waals surface area contributed by atoms with Crippen LogP contribution in [0.5, 0.6) is 0 Å². The van der Waals surface area contributed by atoms with Crippen molar-refractivity contribution in [2.24, 2.45) is 0 Å². The van der Waals surface area contributed by atoms with E-state index in [4.69, 9.17) is 0 Å². The van der Waals surface area contributed by atoms with Gasteiger partial charge < -0.3 is 0 Å². The van der Waals surface area contributed by atoms with Gasteiger partial charge in [-0.15, -0.1) is 0 Å². The fourth-order valence-electron chi connectivity index (χ4n) is 2.14. The van der Waals surface area contributed by atoms with Crippen LogP contribution in [0.4, 0.5) is 26.3 Å². The van der Waals surface area contributed by atoms with E-state index in [1.807, 2.05) is 0 Å². The van der Waals surface area contributed by atoms with Crippen LogP contribution in [-0.2, 0) is 12.4 Å². The standard InChI is InChI=1S/C15H11F6P/c1-22(12-8-4-2-6-10(12)14(16,17)18)13-9-5-3-7-11(13)15(19,20)21/h2-9H,1H3. The minimum Gasteiger partial charge on any atom is -0.166 e. The molecule has 0 aliphatic carbocycles. The van der Waals surface area contributed by atoms with E-state index in [9.17, 15) is 26.3 Å². The van der Waals surface area contributed by atoms with Gasteiger partial charge in [-0.05, 0) is 37.3 Å². The smallest absolute Gasteiger partial charge is 0.166 e. The zero-order chi connectivity index (χ0) is 16.5. The maximum atomic E-state index is 13.0.